The Morgan fingerprint density at radius 1 is 0.958 bits per heavy atom. The Morgan fingerprint density at radius 2 is 1.71 bits per heavy atom. The van der Waals surface area contributed by atoms with Gasteiger partial charge in [-0.05, 0) is 18.9 Å². The average molecular weight is 343 g/mol. The highest BCUT2D eigenvalue weighted by molar-refractivity contribution is 7.09. The van der Waals surface area contributed by atoms with Gasteiger partial charge in [0.15, 0.2) is 0 Å². The van der Waals surface area contributed by atoms with E-state index >= 15 is 0 Å². The first-order valence-corrected chi connectivity index (χ1v) is 9.49. The molecule has 8 heteroatoms. The molecule has 7 nitrogen and oxygen atoms in total. The van der Waals surface area contributed by atoms with E-state index < -0.39 is 0 Å². The van der Waals surface area contributed by atoms with Crippen LogP contribution in [0.25, 0.3) is 0 Å². The smallest absolute Gasteiger partial charge is 0.225 e. The maximum atomic E-state index is 4.72. The minimum atomic E-state index is 0.650. The summed E-state index contributed by atoms with van der Waals surface area (Å²) in [5.74, 6) is 2.59. The molecule has 2 aliphatic heterocycles. The summed E-state index contributed by atoms with van der Waals surface area (Å²) in [5, 5.41) is 1.12. The number of hydrogen-bond donors (Lipinski definition) is 0. The van der Waals surface area contributed by atoms with Gasteiger partial charge in [-0.25, -0.2) is 15.0 Å². The van der Waals surface area contributed by atoms with Gasteiger partial charge in [0, 0.05) is 75.2 Å². The van der Waals surface area contributed by atoms with E-state index in [1.54, 1.807) is 11.5 Å². The van der Waals surface area contributed by atoms with Crippen LogP contribution in [0.2, 0.25) is 0 Å². The Bertz CT molecular complexity index is 687. The molecule has 0 spiro atoms. The number of hydrogen-bond acceptors (Lipinski definition) is 8. The molecule has 0 atom stereocenters. The van der Waals surface area contributed by atoms with Crippen molar-refractivity contribution in [1.29, 1.82) is 0 Å². The largest absolute Gasteiger partial charge is 0.344 e. The second-order valence-corrected chi connectivity index (χ2v) is 7.57. The molecule has 2 aromatic heterocycles. The van der Waals surface area contributed by atoms with E-state index in [0.29, 0.717) is 12.0 Å². The van der Waals surface area contributed by atoms with Gasteiger partial charge in [-0.2, -0.15) is 4.37 Å². The molecule has 2 saturated heterocycles. The molecule has 126 valence electrons. The van der Waals surface area contributed by atoms with Crippen molar-refractivity contribution in [2.75, 3.05) is 49.1 Å². The molecule has 5 rings (SSSR count). The molecule has 24 heavy (non-hydrogen) atoms. The molecule has 0 radical (unpaired) electrons. The van der Waals surface area contributed by atoms with Crippen molar-refractivity contribution in [3.05, 3.63) is 24.3 Å². The summed E-state index contributed by atoms with van der Waals surface area (Å²) in [6.45, 7) is 6.35. The minimum Gasteiger partial charge on any atom is -0.344 e. The third-order valence-corrected chi connectivity index (χ3v) is 5.96. The van der Waals surface area contributed by atoms with E-state index in [0.717, 1.165) is 56.2 Å². The summed E-state index contributed by atoms with van der Waals surface area (Å²) in [5.41, 5.74) is 0. The quantitative estimate of drug-likeness (QED) is 0.827. The van der Waals surface area contributed by atoms with Gasteiger partial charge in [-0.15, -0.1) is 0 Å². The van der Waals surface area contributed by atoms with E-state index in [1.807, 2.05) is 18.5 Å². The van der Waals surface area contributed by atoms with Gasteiger partial charge < -0.3 is 9.80 Å². The molecule has 0 unspecified atom stereocenters. The van der Waals surface area contributed by atoms with E-state index in [2.05, 4.69) is 29.0 Å². The van der Waals surface area contributed by atoms with Crippen molar-refractivity contribution in [3.8, 4) is 0 Å². The second kappa shape index (κ2) is 5.93. The molecule has 3 aliphatic rings. The Labute approximate surface area is 145 Å². The Morgan fingerprint density at radius 3 is 2.42 bits per heavy atom. The van der Waals surface area contributed by atoms with Crippen molar-refractivity contribution in [2.24, 2.45) is 0 Å². The van der Waals surface area contributed by atoms with Crippen molar-refractivity contribution >= 4 is 22.6 Å². The number of rotatable bonds is 4. The molecule has 2 aromatic rings. The lowest BCUT2D eigenvalue weighted by Crippen LogP contribution is -2.63. The van der Waals surface area contributed by atoms with E-state index in [-0.39, 0.29) is 0 Å². The zero-order chi connectivity index (χ0) is 15.9. The second-order valence-electron chi connectivity index (χ2n) is 6.84. The zero-order valence-corrected chi connectivity index (χ0v) is 14.4. The van der Waals surface area contributed by atoms with Crippen LogP contribution in [-0.2, 0) is 0 Å². The molecule has 1 aliphatic carbocycles. The zero-order valence-electron chi connectivity index (χ0n) is 13.6. The summed E-state index contributed by atoms with van der Waals surface area (Å²) >= 11 is 1.57. The molecule has 3 fully saturated rings. The van der Waals surface area contributed by atoms with E-state index in [9.17, 15) is 0 Å². The fraction of sp³-hybridized carbons (Fsp3) is 0.625. The van der Waals surface area contributed by atoms with Crippen LogP contribution < -0.4 is 9.80 Å². The molecule has 0 N–H and O–H groups in total. The fourth-order valence-electron chi connectivity index (χ4n) is 3.45. The van der Waals surface area contributed by atoms with Crippen LogP contribution >= 0.6 is 11.5 Å². The molecule has 4 heterocycles. The van der Waals surface area contributed by atoms with Crippen LogP contribution in [0, 0.1) is 0 Å². The number of anilines is 2. The lowest BCUT2D eigenvalue weighted by Gasteiger charge is -2.47. The first-order valence-electron chi connectivity index (χ1n) is 8.71. The van der Waals surface area contributed by atoms with Gasteiger partial charge in [0.1, 0.15) is 5.82 Å². The minimum absolute atomic E-state index is 0.650. The average Bonchev–Trinajstić information content (AvgIpc) is 3.34. The van der Waals surface area contributed by atoms with Crippen molar-refractivity contribution in [1.82, 2.24) is 24.2 Å². The summed E-state index contributed by atoms with van der Waals surface area (Å²) in [6, 6.07) is 2.52. The summed E-state index contributed by atoms with van der Waals surface area (Å²) in [6.07, 6.45) is 6.18. The van der Waals surface area contributed by atoms with Gasteiger partial charge >= 0.3 is 0 Å². The van der Waals surface area contributed by atoms with Crippen molar-refractivity contribution < 1.29 is 0 Å². The molecular weight excluding hydrogens is 322 g/mol. The molecule has 0 aromatic carbocycles. The first-order chi connectivity index (χ1) is 11.9. The first kappa shape index (κ1) is 14.5. The van der Waals surface area contributed by atoms with Crippen LogP contribution in [-0.4, -0.2) is 69.5 Å². The summed E-state index contributed by atoms with van der Waals surface area (Å²) in [4.78, 5) is 20.7. The topological polar surface area (TPSA) is 61.3 Å². The Hall–Kier alpha value is -1.80. The highest BCUT2D eigenvalue weighted by Crippen LogP contribution is 2.40. The third kappa shape index (κ3) is 2.73. The van der Waals surface area contributed by atoms with Crippen molar-refractivity contribution in [3.63, 3.8) is 0 Å². The Kier molecular flexibility index (Phi) is 3.59. The number of nitrogens with zero attached hydrogens (tertiary/aromatic N) is 7. The molecule has 0 amide bonds. The maximum Gasteiger partial charge on any atom is 0.225 e. The standard InChI is InChI=1S/C16H21N7S/c1-4-17-15(18-5-1)22-8-6-21(7-9-22)13-10-23(11-13)16-19-14(20-24-16)12-2-3-12/h1,4-5,12-13H,2-3,6-11H2. The SMILES string of the molecule is c1cnc(N2CCN(C3CN(c4nc(C5CC5)ns4)C3)CC2)nc1. The molecule has 1 saturated carbocycles. The van der Waals surface area contributed by atoms with Crippen LogP contribution in [0.15, 0.2) is 18.5 Å². The van der Waals surface area contributed by atoms with Gasteiger partial charge in [0.2, 0.25) is 11.1 Å². The highest BCUT2D eigenvalue weighted by Gasteiger charge is 2.36. The number of piperazine rings is 1. The normalized spacial score (nSPS) is 22.7. The van der Waals surface area contributed by atoms with Crippen LogP contribution in [0.5, 0.6) is 0 Å². The summed E-state index contributed by atoms with van der Waals surface area (Å²) in [7, 11) is 0. The summed E-state index contributed by atoms with van der Waals surface area (Å²) < 4.78 is 4.52. The lowest BCUT2D eigenvalue weighted by molar-refractivity contribution is 0.156. The molecule has 0 bridgehead atoms. The van der Waals surface area contributed by atoms with E-state index in [1.165, 1.54) is 12.8 Å². The van der Waals surface area contributed by atoms with Gasteiger partial charge in [0.25, 0.3) is 0 Å². The van der Waals surface area contributed by atoms with Crippen LogP contribution in [0.1, 0.15) is 24.6 Å². The lowest BCUT2D eigenvalue weighted by atomic mass is 10.1. The van der Waals surface area contributed by atoms with E-state index in [4.69, 9.17) is 4.98 Å². The predicted octanol–water partition coefficient (Wildman–Crippen LogP) is 1.22. The number of aromatic nitrogens is 4. The molecular formula is C16H21N7S. The Balaban J connectivity index is 1.13. The fourth-order valence-corrected chi connectivity index (χ4v) is 4.21. The van der Waals surface area contributed by atoms with Gasteiger partial charge in [0.05, 0.1) is 0 Å². The van der Waals surface area contributed by atoms with Crippen LogP contribution in [0.4, 0.5) is 11.1 Å². The maximum absolute atomic E-state index is 4.72. The van der Waals surface area contributed by atoms with Gasteiger partial charge in [-0.3, -0.25) is 4.90 Å². The highest BCUT2D eigenvalue weighted by atomic mass is 32.1. The van der Waals surface area contributed by atoms with Crippen molar-refractivity contribution in [2.45, 2.75) is 24.8 Å². The van der Waals surface area contributed by atoms with Gasteiger partial charge in [-0.1, -0.05) is 0 Å². The predicted molar refractivity (Wildman–Crippen MR) is 93.7 cm³/mol. The monoisotopic (exact) mass is 343 g/mol. The van der Waals surface area contributed by atoms with Crippen LogP contribution in [0.3, 0.4) is 0 Å². The third-order valence-electron chi connectivity index (χ3n) is 5.17.